The number of nitrogens with zero attached hydrogens (tertiary/aromatic N) is 2. The Labute approximate surface area is 141 Å². The van der Waals surface area contributed by atoms with Gasteiger partial charge in [0.05, 0.1) is 6.61 Å². The first-order valence-corrected chi connectivity index (χ1v) is 9.54. The third kappa shape index (κ3) is 4.95. The second-order valence-corrected chi connectivity index (χ2v) is 7.01. The minimum absolute atomic E-state index is 0.851. The first-order valence-electron chi connectivity index (χ1n) is 9.54. The van der Waals surface area contributed by atoms with Crippen LogP contribution in [0.2, 0.25) is 0 Å². The van der Waals surface area contributed by atoms with Crippen molar-refractivity contribution >= 4 is 0 Å². The topological polar surface area (TPSA) is 15.7 Å². The lowest BCUT2D eigenvalue weighted by Gasteiger charge is -2.28. The average Bonchev–Trinajstić information content (AvgIpc) is 2.61. The van der Waals surface area contributed by atoms with Gasteiger partial charge < -0.3 is 9.64 Å². The molecule has 2 heterocycles. The molecular formula is C20H32N2O. The van der Waals surface area contributed by atoms with Gasteiger partial charge in [-0.15, -0.1) is 0 Å². The van der Waals surface area contributed by atoms with Crippen molar-refractivity contribution in [2.75, 3.05) is 39.3 Å². The zero-order valence-electron chi connectivity index (χ0n) is 14.7. The predicted octanol–water partition coefficient (Wildman–Crippen LogP) is 3.71. The van der Waals surface area contributed by atoms with E-state index in [2.05, 4.69) is 34.9 Å². The number of unbranched alkanes of at least 4 members (excludes halogenated alkanes) is 1. The smallest absolute Gasteiger partial charge is 0.119 e. The van der Waals surface area contributed by atoms with Gasteiger partial charge in [0, 0.05) is 13.1 Å². The molecule has 3 nitrogen and oxygen atoms in total. The Morgan fingerprint density at radius 3 is 2.65 bits per heavy atom. The molecule has 1 aromatic rings. The van der Waals surface area contributed by atoms with E-state index in [1.54, 1.807) is 0 Å². The first kappa shape index (κ1) is 16.8. The molecule has 0 N–H and O–H groups in total. The van der Waals surface area contributed by atoms with Crippen molar-refractivity contribution in [1.29, 1.82) is 0 Å². The van der Waals surface area contributed by atoms with E-state index in [0.29, 0.717) is 0 Å². The molecule has 0 unspecified atom stereocenters. The molecule has 2 aliphatic rings. The summed E-state index contributed by atoms with van der Waals surface area (Å²) < 4.78 is 5.99. The van der Waals surface area contributed by atoms with E-state index in [-0.39, 0.29) is 0 Å². The summed E-state index contributed by atoms with van der Waals surface area (Å²) in [5.41, 5.74) is 2.97. The van der Waals surface area contributed by atoms with Crippen LogP contribution in [0.4, 0.5) is 0 Å². The Balaban J connectivity index is 1.38. The van der Waals surface area contributed by atoms with Crippen LogP contribution in [0.15, 0.2) is 18.2 Å². The van der Waals surface area contributed by atoms with Crippen LogP contribution in [-0.2, 0) is 13.0 Å². The number of hydrogen-bond donors (Lipinski definition) is 0. The molecular weight excluding hydrogens is 284 g/mol. The molecule has 23 heavy (non-hydrogen) atoms. The molecule has 128 valence electrons. The van der Waals surface area contributed by atoms with Gasteiger partial charge in [-0.1, -0.05) is 19.4 Å². The predicted molar refractivity (Wildman–Crippen MR) is 96.1 cm³/mol. The molecule has 0 radical (unpaired) electrons. The second kappa shape index (κ2) is 8.70. The van der Waals surface area contributed by atoms with Gasteiger partial charge in [-0.05, 0) is 81.5 Å². The highest BCUT2D eigenvalue weighted by molar-refractivity contribution is 5.37. The summed E-state index contributed by atoms with van der Waals surface area (Å²) in [6.45, 7) is 10.4. The SMILES string of the molecule is CCN1CCc2ccc(OCCCCN3CCCCC3)cc2C1. The number of likely N-dealkylation sites (tertiary alicyclic amines) is 1. The highest BCUT2D eigenvalue weighted by atomic mass is 16.5. The number of rotatable bonds is 7. The average molecular weight is 316 g/mol. The number of ether oxygens (including phenoxy) is 1. The molecule has 2 aliphatic heterocycles. The highest BCUT2D eigenvalue weighted by Crippen LogP contribution is 2.24. The quantitative estimate of drug-likeness (QED) is 0.713. The Morgan fingerprint density at radius 1 is 0.957 bits per heavy atom. The summed E-state index contributed by atoms with van der Waals surface area (Å²) >= 11 is 0. The summed E-state index contributed by atoms with van der Waals surface area (Å²) in [5.74, 6) is 1.06. The van der Waals surface area contributed by atoms with Crippen molar-refractivity contribution in [3.05, 3.63) is 29.3 Å². The number of piperidine rings is 1. The maximum Gasteiger partial charge on any atom is 0.119 e. The van der Waals surface area contributed by atoms with Gasteiger partial charge in [0.25, 0.3) is 0 Å². The number of benzene rings is 1. The lowest BCUT2D eigenvalue weighted by Crippen LogP contribution is -2.30. The van der Waals surface area contributed by atoms with Crippen LogP contribution in [0.1, 0.15) is 50.2 Å². The molecule has 0 saturated carbocycles. The lowest BCUT2D eigenvalue weighted by atomic mass is 9.99. The molecule has 0 amide bonds. The maximum absolute atomic E-state index is 5.99. The van der Waals surface area contributed by atoms with Crippen LogP contribution in [-0.4, -0.2) is 49.1 Å². The third-order valence-corrected chi connectivity index (χ3v) is 5.30. The van der Waals surface area contributed by atoms with E-state index in [9.17, 15) is 0 Å². The van der Waals surface area contributed by atoms with Crippen molar-refractivity contribution in [2.45, 2.75) is 52.0 Å². The number of hydrogen-bond acceptors (Lipinski definition) is 3. The number of likely N-dealkylation sites (N-methyl/N-ethyl adjacent to an activating group) is 1. The molecule has 3 rings (SSSR count). The Morgan fingerprint density at radius 2 is 1.83 bits per heavy atom. The Kier molecular flexibility index (Phi) is 6.35. The zero-order valence-corrected chi connectivity index (χ0v) is 14.7. The van der Waals surface area contributed by atoms with Gasteiger partial charge in [-0.3, -0.25) is 4.90 Å². The minimum Gasteiger partial charge on any atom is -0.494 e. The van der Waals surface area contributed by atoms with Gasteiger partial charge in [0.1, 0.15) is 5.75 Å². The summed E-state index contributed by atoms with van der Waals surface area (Å²) in [7, 11) is 0. The van der Waals surface area contributed by atoms with Crippen LogP contribution < -0.4 is 4.74 Å². The first-order chi connectivity index (χ1) is 11.3. The Bertz CT molecular complexity index is 483. The van der Waals surface area contributed by atoms with Crippen LogP contribution in [0.3, 0.4) is 0 Å². The molecule has 3 heteroatoms. The fourth-order valence-electron chi connectivity index (χ4n) is 3.76. The van der Waals surface area contributed by atoms with Crippen LogP contribution in [0.25, 0.3) is 0 Å². The van der Waals surface area contributed by atoms with Crippen molar-refractivity contribution in [1.82, 2.24) is 9.80 Å². The molecule has 1 aromatic carbocycles. The van der Waals surface area contributed by atoms with Gasteiger partial charge in [-0.25, -0.2) is 0 Å². The van der Waals surface area contributed by atoms with Crippen LogP contribution >= 0.6 is 0 Å². The molecule has 0 spiro atoms. The fourth-order valence-corrected chi connectivity index (χ4v) is 3.76. The maximum atomic E-state index is 5.99. The highest BCUT2D eigenvalue weighted by Gasteiger charge is 2.15. The molecule has 0 bridgehead atoms. The van der Waals surface area contributed by atoms with Crippen LogP contribution in [0, 0.1) is 0 Å². The van der Waals surface area contributed by atoms with Crippen molar-refractivity contribution < 1.29 is 4.74 Å². The van der Waals surface area contributed by atoms with E-state index in [1.807, 2.05) is 0 Å². The van der Waals surface area contributed by atoms with E-state index in [1.165, 1.54) is 69.4 Å². The minimum atomic E-state index is 0.851. The summed E-state index contributed by atoms with van der Waals surface area (Å²) in [6.07, 6.45) is 7.80. The lowest BCUT2D eigenvalue weighted by molar-refractivity contribution is 0.216. The molecule has 0 atom stereocenters. The molecule has 1 fully saturated rings. The number of fused-ring (bicyclic) bond motifs is 1. The summed E-state index contributed by atoms with van der Waals surface area (Å²) in [5, 5.41) is 0. The van der Waals surface area contributed by atoms with Crippen molar-refractivity contribution in [3.8, 4) is 5.75 Å². The third-order valence-electron chi connectivity index (χ3n) is 5.30. The van der Waals surface area contributed by atoms with E-state index < -0.39 is 0 Å². The molecule has 1 saturated heterocycles. The summed E-state index contributed by atoms with van der Waals surface area (Å²) in [4.78, 5) is 5.12. The van der Waals surface area contributed by atoms with E-state index in [0.717, 1.165) is 31.9 Å². The Hall–Kier alpha value is -1.06. The van der Waals surface area contributed by atoms with Crippen LogP contribution in [0.5, 0.6) is 5.75 Å². The monoisotopic (exact) mass is 316 g/mol. The van der Waals surface area contributed by atoms with Crippen molar-refractivity contribution in [3.63, 3.8) is 0 Å². The van der Waals surface area contributed by atoms with E-state index in [4.69, 9.17) is 4.74 Å². The largest absolute Gasteiger partial charge is 0.494 e. The van der Waals surface area contributed by atoms with Gasteiger partial charge >= 0.3 is 0 Å². The zero-order chi connectivity index (χ0) is 15.9. The van der Waals surface area contributed by atoms with Gasteiger partial charge in [0.15, 0.2) is 0 Å². The van der Waals surface area contributed by atoms with E-state index >= 15 is 0 Å². The van der Waals surface area contributed by atoms with Gasteiger partial charge in [0.2, 0.25) is 0 Å². The second-order valence-electron chi connectivity index (χ2n) is 7.01. The summed E-state index contributed by atoms with van der Waals surface area (Å²) in [6, 6.07) is 6.69. The standard InChI is InChI=1S/C20H32N2O/c1-2-21-14-10-18-8-9-20(16-19(18)17-21)23-15-7-6-13-22-11-4-3-5-12-22/h8-9,16H,2-7,10-15,17H2,1H3. The fraction of sp³-hybridized carbons (Fsp3) is 0.700. The molecule has 0 aliphatic carbocycles. The van der Waals surface area contributed by atoms with Gasteiger partial charge in [-0.2, -0.15) is 0 Å². The normalized spacial score (nSPS) is 19.5. The van der Waals surface area contributed by atoms with Crippen molar-refractivity contribution in [2.24, 2.45) is 0 Å². The molecule has 0 aromatic heterocycles.